The standard InChI is InChI=1S/C13H27N3O/c1-5-11-9-16(7-6-15(11)4)13(17)12(14)8-10(2)3/h10-12H,5-9,14H2,1-4H3/t11?,12-/m1/s1. The molecule has 0 aromatic heterocycles. The molecule has 0 bridgehead atoms. The molecule has 2 N–H and O–H groups in total. The topological polar surface area (TPSA) is 49.6 Å². The molecule has 1 fully saturated rings. The van der Waals surface area contributed by atoms with Gasteiger partial charge in [-0.2, -0.15) is 0 Å². The average Bonchev–Trinajstić information content (AvgIpc) is 2.27. The number of hydrogen-bond donors (Lipinski definition) is 1. The van der Waals surface area contributed by atoms with E-state index >= 15 is 0 Å². The quantitative estimate of drug-likeness (QED) is 0.796. The number of piperazine rings is 1. The summed E-state index contributed by atoms with van der Waals surface area (Å²) in [5.74, 6) is 0.605. The van der Waals surface area contributed by atoms with Crippen molar-refractivity contribution in [1.29, 1.82) is 0 Å². The molecule has 100 valence electrons. The van der Waals surface area contributed by atoms with Crippen molar-refractivity contribution in [3.63, 3.8) is 0 Å². The summed E-state index contributed by atoms with van der Waals surface area (Å²) < 4.78 is 0. The molecular weight excluding hydrogens is 214 g/mol. The van der Waals surface area contributed by atoms with Gasteiger partial charge in [-0.15, -0.1) is 0 Å². The van der Waals surface area contributed by atoms with Crippen molar-refractivity contribution in [3.05, 3.63) is 0 Å². The van der Waals surface area contributed by atoms with Crippen molar-refractivity contribution >= 4 is 5.91 Å². The van der Waals surface area contributed by atoms with Crippen LogP contribution in [0.1, 0.15) is 33.6 Å². The molecule has 1 amide bonds. The van der Waals surface area contributed by atoms with Gasteiger partial charge in [0.15, 0.2) is 0 Å². The zero-order valence-electron chi connectivity index (χ0n) is 11.6. The summed E-state index contributed by atoms with van der Waals surface area (Å²) in [6.07, 6.45) is 1.86. The molecule has 17 heavy (non-hydrogen) atoms. The molecule has 0 radical (unpaired) electrons. The maximum Gasteiger partial charge on any atom is 0.239 e. The molecule has 4 nitrogen and oxygen atoms in total. The molecule has 0 aromatic rings. The first-order chi connectivity index (χ1) is 7.95. The van der Waals surface area contributed by atoms with Crippen molar-refractivity contribution in [3.8, 4) is 0 Å². The lowest BCUT2D eigenvalue weighted by molar-refractivity contribution is -0.135. The monoisotopic (exact) mass is 241 g/mol. The first kappa shape index (κ1) is 14.5. The fourth-order valence-corrected chi connectivity index (χ4v) is 2.43. The van der Waals surface area contributed by atoms with E-state index in [1.54, 1.807) is 0 Å². The predicted molar refractivity (Wildman–Crippen MR) is 70.7 cm³/mol. The first-order valence-electron chi connectivity index (χ1n) is 6.70. The molecular formula is C13H27N3O. The second kappa shape index (κ2) is 6.36. The fourth-order valence-electron chi connectivity index (χ4n) is 2.43. The largest absolute Gasteiger partial charge is 0.338 e. The molecule has 0 saturated carbocycles. The van der Waals surface area contributed by atoms with Gasteiger partial charge < -0.3 is 10.6 Å². The molecule has 1 saturated heterocycles. The lowest BCUT2D eigenvalue weighted by Gasteiger charge is -2.40. The Kier molecular flexibility index (Phi) is 5.40. The Morgan fingerprint density at radius 2 is 2.06 bits per heavy atom. The molecule has 2 atom stereocenters. The van der Waals surface area contributed by atoms with E-state index in [-0.39, 0.29) is 11.9 Å². The number of nitrogens with two attached hydrogens (primary N) is 1. The minimum atomic E-state index is -0.323. The second-order valence-corrected chi connectivity index (χ2v) is 5.56. The van der Waals surface area contributed by atoms with Crippen LogP contribution in [-0.4, -0.2) is 54.5 Å². The summed E-state index contributed by atoms with van der Waals surface area (Å²) in [6, 6.07) is 0.162. The normalized spacial score (nSPS) is 24.1. The highest BCUT2D eigenvalue weighted by Gasteiger charge is 2.28. The minimum Gasteiger partial charge on any atom is -0.338 e. The van der Waals surface area contributed by atoms with E-state index in [1.165, 1.54) is 0 Å². The molecule has 1 heterocycles. The van der Waals surface area contributed by atoms with Gasteiger partial charge in [0, 0.05) is 25.7 Å². The summed E-state index contributed by atoms with van der Waals surface area (Å²) in [7, 11) is 2.13. The molecule has 1 aliphatic heterocycles. The van der Waals surface area contributed by atoms with Crippen LogP contribution < -0.4 is 5.73 Å². The van der Waals surface area contributed by atoms with Crippen LogP contribution in [0, 0.1) is 5.92 Å². The van der Waals surface area contributed by atoms with Gasteiger partial charge in [0.05, 0.1) is 6.04 Å². The smallest absolute Gasteiger partial charge is 0.239 e. The summed E-state index contributed by atoms with van der Waals surface area (Å²) in [5, 5.41) is 0. The number of nitrogens with zero attached hydrogens (tertiary/aromatic N) is 2. The summed E-state index contributed by atoms with van der Waals surface area (Å²) in [4.78, 5) is 16.5. The van der Waals surface area contributed by atoms with Gasteiger partial charge in [0.1, 0.15) is 0 Å². The predicted octanol–water partition coefficient (Wildman–Crippen LogP) is 0.912. The Balaban J connectivity index is 2.52. The highest BCUT2D eigenvalue weighted by molar-refractivity contribution is 5.81. The van der Waals surface area contributed by atoms with E-state index in [1.807, 2.05) is 4.90 Å². The zero-order valence-corrected chi connectivity index (χ0v) is 11.6. The Morgan fingerprint density at radius 1 is 1.41 bits per heavy atom. The van der Waals surface area contributed by atoms with Gasteiger partial charge in [-0.1, -0.05) is 20.8 Å². The average molecular weight is 241 g/mol. The third kappa shape index (κ3) is 3.96. The Bertz CT molecular complexity index is 255. The Hall–Kier alpha value is -0.610. The highest BCUT2D eigenvalue weighted by Crippen LogP contribution is 2.13. The van der Waals surface area contributed by atoms with Crippen LogP contribution in [0.3, 0.4) is 0 Å². The van der Waals surface area contributed by atoms with E-state index in [4.69, 9.17) is 5.73 Å². The van der Waals surface area contributed by atoms with Crippen LogP contribution in [0.2, 0.25) is 0 Å². The van der Waals surface area contributed by atoms with Crippen LogP contribution >= 0.6 is 0 Å². The van der Waals surface area contributed by atoms with Crippen LogP contribution in [0.15, 0.2) is 0 Å². The molecule has 4 heteroatoms. The molecule has 1 aliphatic rings. The third-order valence-corrected chi connectivity index (χ3v) is 3.60. The van der Waals surface area contributed by atoms with E-state index in [0.29, 0.717) is 12.0 Å². The summed E-state index contributed by atoms with van der Waals surface area (Å²) in [6.45, 7) is 8.98. The maximum atomic E-state index is 12.2. The minimum absolute atomic E-state index is 0.130. The molecule has 0 aromatic carbocycles. The van der Waals surface area contributed by atoms with Crippen LogP contribution in [0.25, 0.3) is 0 Å². The molecule has 1 unspecified atom stereocenters. The van der Waals surface area contributed by atoms with Crippen molar-refractivity contribution in [2.24, 2.45) is 11.7 Å². The molecule has 0 spiro atoms. The number of carbonyl (C=O) groups excluding carboxylic acids is 1. The number of carbonyl (C=O) groups is 1. The van der Waals surface area contributed by atoms with Gasteiger partial charge in [0.2, 0.25) is 5.91 Å². The van der Waals surface area contributed by atoms with E-state index in [9.17, 15) is 4.79 Å². The van der Waals surface area contributed by atoms with Gasteiger partial charge in [0.25, 0.3) is 0 Å². The van der Waals surface area contributed by atoms with Gasteiger partial charge in [-0.05, 0) is 25.8 Å². The van der Waals surface area contributed by atoms with Crippen molar-refractivity contribution in [2.45, 2.75) is 45.7 Å². The van der Waals surface area contributed by atoms with Crippen molar-refractivity contribution in [1.82, 2.24) is 9.80 Å². The van der Waals surface area contributed by atoms with Crippen molar-refractivity contribution in [2.75, 3.05) is 26.7 Å². The third-order valence-electron chi connectivity index (χ3n) is 3.60. The molecule has 1 rings (SSSR count). The lowest BCUT2D eigenvalue weighted by atomic mass is 10.0. The number of likely N-dealkylation sites (N-methyl/N-ethyl adjacent to an activating group) is 1. The number of amides is 1. The van der Waals surface area contributed by atoms with Crippen LogP contribution in [0.5, 0.6) is 0 Å². The van der Waals surface area contributed by atoms with Gasteiger partial charge in [-0.25, -0.2) is 0 Å². The second-order valence-electron chi connectivity index (χ2n) is 5.56. The van der Waals surface area contributed by atoms with E-state index < -0.39 is 0 Å². The van der Waals surface area contributed by atoms with Gasteiger partial charge >= 0.3 is 0 Å². The fraction of sp³-hybridized carbons (Fsp3) is 0.923. The summed E-state index contributed by atoms with van der Waals surface area (Å²) in [5.41, 5.74) is 5.97. The number of rotatable bonds is 4. The number of hydrogen-bond acceptors (Lipinski definition) is 3. The Labute approximate surface area is 105 Å². The molecule has 0 aliphatic carbocycles. The van der Waals surface area contributed by atoms with E-state index in [0.717, 1.165) is 32.5 Å². The van der Waals surface area contributed by atoms with Gasteiger partial charge in [-0.3, -0.25) is 9.69 Å². The van der Waals surface area contributed by atoms with Crippen molar-refractivity contribution < 1.29 is 4.79 Å². The SMILES string of the molecule is CCC1CN(C(=O)[C@H](N)CC(C)C)CCN1C. The highest BCUT2D eigenvalue weighted by atomic mass is 16.2. The van der Waals surface area contributed by atoms with Crippen LogP contribution in [0.4, 0.5) is 0 Å². The lowest BCUT2D eigenvalue weighted by Crippen LogP contribution is -2.56. The summed E-state index contributed by atoms with van der Waals surface area (Å²) >= 11 is 0. The first-order valence-corrected chi connectivity index (χ1v) is 6.70. The van der Waals surface area contributed by atoms with Crippen LogP contribution in [-0.2, 0) is 4.79 Å². The zero-order chi connectivity index (χ0) is 13.0. The Morgan fingerprint density at radius 3 is 2.59 bits per heavy atom. The maximum absolute atomic E-state index is 12.2. The van der Waals surface area contributed by atoms with E-state index in [2.05, 4.69) is 32.7 Å².